The Kier molecular flexibility index (Phi) is 5.01. The second-order valence-corrected chi connectivity index (χ2v) is 5.11. The molecular formula is C9H15N5O3S. The molecule has 0 saturated carbocycles. The zero-order valence-electron chi connectivity index (χ0n) is 9.80. The number of rotatable bonds is 6. The molecule has 0 atom stereocenters. The summed E-state index contributed by atoms with van der Waals surface area (Å²) in [5.41, 5.74) is 2.26. The van der Waals surface area contributed by atoms with Crippen LogP contribution >= 0.6 is 0 Å². The van der Waals surface area contributed by atoms with Crippen molar-refractivity contribution >= 4 is 21.7 Å². The standard InChI is InChI=1S/C9H15N5O3S/c1-11-9(15)3-5-13-18(16,17)7-2-4-12-8(6-7)14-10/h2,4,6,13H,3,5,10H2,1H3,(H,11,15)(H,12,14). The smallest absolute Gasteiger partial charge is 0.240 e. The van der Waals surface area contributed by atoms with Crippen LogP contribution in [0.5, 0.6) is 0 Å². The summed E-state index contributed by atoms with van der Waals surface area (Å²) in [6, 6.07) is 2.63. The van der Waals surface area contributed by atoms with Crippen LogP contribution in [0.15, 0.2) is 23.2 Å². The molecule has 0 spiro atoms. The molecule has 1 rings (SSSR count). The minimum Gasteiger partial charge on any atom is -0.359 e. The molecule has 1 aromatic rings. The van der Waals surface area contributed by atoms with Gasteiger partial charge in [0.1, 0.15) is 5.82 Å². The van der Waals surface area contributed by atoms with Gasteiger partial charge in [0.25, 0.3) is 0 Å². The monoisotopic (exact) mass is 273 g/mol. The lowest BCUT2D eigenvalue weighted by Crippen LogP contribution is -2.29. The average Bonchev–Trinajstić information content (AvgIpc) is 2.38. The van der Waals surface area contributed by atoms with E-state index in [9.17, 15) is 13.2 Å². The molecule has 5 N–H and O–H groups in total. The third-order valence-corrected chi connectivity index (χ3v) is 3.57. The van der Waals surface area contributed by atoms with E-state index in [1.165, 1.54) is 25.4 Å². The van der Waals surface area contributed by atoms with E-state index < -0.39 is 10.0 Å². The van der Waals surface area contributed by atoms with E-state index in [2.05, 4.69) is 20.4 Å². The van der Waals surface area contributed by atoms with Crippen molar-refractivity contribution in [2.24, 2.45) is 5.84 Å². The van der Waals surface area contributed by atoms with Crippen LogP contribution in [0.4, 0.5) is 5.82 Å². The fourth-order valence-corrected chi connectivity index (χ4v) is 2.21. The summed E-state index contributed by atoms with van der Waals surface area (Å²) in [5, 5.41) is 2.40. The van der Waals surface area contributed by atoms with Crippen LogP contribution in [-0.2, 0) is 14.8 Å². The Bertz CT molecular complexity index is 517. The summed E-state index contributed by atoms with van der Waals surface area (Å²) in [6.07, 6.45) is 1.39. The van der Waals surface area contributed by atoms with Crippen molar-refractivity contribution in [1.82, 2.24) is 15.0 Å². The molecule has 1 heterocycles. The highest BCUT2D eigenvalue weighted by molar-refractivity contribution is 7.89. The van der Waals surface area contributed by atoms with Gasteiger partial charge >= 0.3 is 0 Å². The van der Waals surface area contributed by atoms with Gasteiger partial charge in [-0.05, 0) is 6.07 Å². The first-order chi connectivity index (χ1) is 8.49. The number of hydrogen-bond acceptors (Lipinski definition) is 6. The van der Waals surface area contributed by atoms with Gasteiger partial charge in [-0.2, -0.15) is 0 Å². The van der Waals surface area contributed by atoms with E-state index in [4.69, 9.17) is 5.84 Å². The van der Waals surface area contributed by atoms with Gasteiger partial charge in [0, 0.05) is 32.3 Å². The number of anilines is 1. The number of amides is 1. The van der Waals surface area contributed by atoms with Gasteiger partial charge in [-0.25, -0.2) is 24.0 Å². The molecule has 1 amide bonds. The number of nitrogens with one attached hydrogen (secondary N) is 3. The second-order valence-electron chi connectivity index (χ2n) is 3.34. The number of hydrogen-bond donors (Lipinski definition) is 4. The highest BCUT2D eigenvalue weighted by atomic mass is 32.2. The molecule has 8 nitrogen and oxygen atoms in total. The Morgan fingerprint density at radius 3 is 2.83 bits per heavy atom. The van der Waals surface area contributed by atoms with E-state index in [0.29, 0.717) is 0 Å². The van der Waals surface area contributed by atoms with Crippen molar-refractivity contribution in [2.75, 3.05) is 19.0 Å². The van der Waals surface area contributed by atoms with Crippen LogP contribution in [0.25, 0.3) is 0 Å². The Balaban J connectivity index is 2.71. The molecule has 0 aliphatic carbocycles. The first-order valence-electron chi connectivity index (χ1n) is 5.12. The molecule has 18 heavy (non-hydrogen) atoms. The summed E-state index contributed by atoms with van der Waals surface area (Å²) in [6.45, 7) is 0.0235. The predicted octanol–water partition coefficient (Wildman–Crippen LogP) is -1.22. The van der Waals surface area contributed by atoms with Crippen LogP contribution < -0.4 is 21.3 Å². The summed E-state index contributed by atoms with van der Waals surface area (Å²) in [5.74, 6) is 5.14. The van der Waals surface area contributed by atoms with Crippen LogP contribution in [-0.4, -0.2) is 32.9 Å². The molecule has 100 valence electrons. The first-order valence-corrected chi connectivity index (χ1v) is 6.61. The highest BCUT2D eigenvalue weighted by Gasteiger charge is 2.14. The molecule has 0 bridgehead atoms. The quantitative estimate of drug-likeness (QED) is 0.380. The first kappa shape index (κ1) is 14.4. The van der Waals surface area contributed by atoms with E-state index in [1.807, 2.05) is 0 Å². The van der Waals surface area contributed by atoms with Gasteiger partial charge in [0.15, 0.2) is 0 Å². The van der Waals surface area contributed by atoms with Crippen LogP contribution in [0.1, 0.15) is 6.42 Å². The second kappa shape index (κ2) is 6.28. The lowest BCUT2D eigenvalue weighted by atomic mass is 10.4. The Labute approximate surface area is 105 Å². The number of nitrogens with zero attached hydrogens (tertiary/aromatic N) is 1. The molecule has 0 aromatic carbocycles. The van der Waals surface area contributed by atoms with Crippen molar-refractivity contribution in [2.45, 2.75) is 11.3 Å². The maximum atomic E-state index is 11.8. The minimum absolute atomic E-state index is 0.0235. The zero-order chi connectivity index (χ0) is 13.6. The molecular weight excluding hydrogens is 258 g/mol. The van der Waals surface area contributed by atoms with Crippen molar-refractivity contribution in [3.8, 4) is 0 Å². The molecule has 0 fully saturated rings. The van der Waals surface area contributed by atoms with Gasteiger partial charge in [-0.1, -0.05) is 0 Å². The number of carbonyl (C=O) groups excluding carboxylic acids is 1. The number of sulfonamides is 1. The Morgan fingerprint density at radius 2 is 2.22 bits per heavy atom. The van der Waals surface area contributed by atoms with Gasteiger partial charge in [0.2, 0.25) is 15.9 Å². The molecule has 9 heteroatoms. The van der Waals surface area contributed by atoms with Crippen molar-refractivity contribution in [3.63, 3.8) is 0 Å². The average molecular weight is 273 g/mol. The van der Waals surface area contributed by atoms with E-state index in [0.717, 1.165) is 0 Å². The lowest BCUT2D eigenvalue weighted by Gasteiger charge is -2.07. The molecule has 0 aliphatic heterocycles. The highest BCUT2D eigenvalue weighted by Crippen LogP contribution is 2.11. The normalized spacial score (nSPS) is 11.0. The minimum atomic E-state index is -3.66. The maximum absolute atomic E-state index is 11.8. The summed E-state index contributed by atoms with van der Waals surface area (Å²) in [4.78, 5) is 14.8. The van der Waals surface area contributed by atoms with Gasteiger partial charge in [-0.15, -0.1) is 0 Å². The summed E-state index contributed by atoms with van der Waals surface area (Å²) in [7, 11) is -2.18. The molecule has 0 aliphatic rings. The van der Waals surface area contributed by atoms with Crippen LogP contribution in [0, 0.1) is 0 Å². The SMILES string of the molecule is CNC(=O)CCNS(=O)(=O)c1ccnc(NN)c1. The molecule has 0 saturated heterocycles. The topological polar surface area (TPSA) is 126 Å². The fourth-order valence-electron chi connectivity index (χ4n) is 1.16. The number of aromatic nitrogens is 1. The van der Waals surface area contributed by atoms with Crippen LogP contribution in [0.2, 0.25) is 0 Å². The van der Waals surface area contributed by atoms with Gasteiger partial charge in [-0.3, -0.25) is 4.79 Å². The number of carbonyl (C=O) groups is 1. The van der Waals surface area contributed by atoms with Crippen LogP contribution in [0.3, 0.4) is 0 Å². The third-order valence-electron chi connectivity index (χ3n) is 2.11. The van der Waals surface area contributed by atoms with E-state index >= 15 is 0 Å². The number of nitrogens with two attached hydrogens (primary N) is 1. The van der Waals surface area contributed by atoms with Crippen molar-refractivity contribution < 1.29 is 13.2 Å². The van der Waals surface area contributed by atoms with Gasteiger partial charge < -0.3 is 10.7 Å². The summed E-state index contributed by atoms with van der Waals surface area (Å²) >= 11 is 0. The maximum Gasteiger partial charge on any atom is 0.240 e. The number of pyridine rings is 1. The van der Waals surface area contributed by atoms with E-state index in [-0.39, 0.29) is 29.6 Å². The number of nitrogen functional groups attached to an aromatic ring is 1. The predicted molar refractivity (Wildman–Crippen MR) is 65.9 cm³/mol. The summed E-state index contributed by atoms with van der Waals surface area (Å²) < 4.78 is 26.0. The Hall–Kier alpha value is -1.71. The fraction of sp³-hybridized carbons (Fsp3) is 0.333. The van der Waals surface area contributed by atoms with Gasteiger partial charge in [0.05, 0.1) is 4.90 Å². The van der Waals surface area contributed by atoms with Crippen molar-refractivity contribution in [3.05, 3.63) is 18.3 Å². The largest absolute Gasteiger partial charge is 0.359 e. The number of hydrazine groups is 1. The lowest BCUT2D eigenvalue weighted by molar-refractivity contribution is -0.120. The van der Waals surface area contributed by atoms with E-state index in [1.54, 1.807) is 0 Å². The van der Waals surface area contributed by atoms with Crippen molar-refractivity contribution in [1.29, 1.82) is 0 Å². The molecule has 0 unspecified atom stereocenters. The molecule has 1 aromatic heterocycles. The Morgan fingerprint density at radius 1 is 1.50 bits per heavy atom. The molecule has 0 radical (unpaired) electrons. The third kappa shape index (κ3) is 3.95. The zero-order valence-corrected chi connectivity index (χ0v) is 10.6.